The topological polar surface area (TPSA) is 77.8 Å². The largest absolute Gasteiger partial charge is 0.508 e. The lowest BCUT2D eigenvalue weighted by Crippen LogP contribution is -2.33. The highest BCUT2D eigenvalue weighted by atomic mass is 35.5. The summed E-state index contributed by atoms with van der Waals surface area (Å²) in [6.45, 7) is 0. The molecule has 1 aromatic carbocycles. The molecule has 0 heterocycles. The van der Waals surface area contributed by atoms with Crippen LogP contribution in [-0.2, 0) is 10.2 Å². The third-order valence-electron chi connectivity index (χ3n) is 3.04. The van der Waals surface area contributed by atoms with Crippen LogP contribution < -0.4 is 0 Å². The number of benzene rings is 1. The molecular weight excluding hydrogens is 232 g/mol. The van der Waals surface area contributed by atoms with Gasteiger partial charge >= 0.3 is 5.97 Å². The van der Waals surface area contributed by atoms with Gasteiger partial charge in [-0.05, 0) is 31.0 Å². The van der Waals surface area contributed by atoms with Crippen molar-refractivity contribution in [1.29, 1.82) is 0 Å². The zero-order chi connectivity index (χ0) is 11.9. The molecule has 0 aliphatic heterocycles. The second-order valence-electron chi connectivity index (χ2n) is 4.06. The fraction of sp³-hybridized carbons (Fsp3) is 0.364. The van der Waals surface area contributed by atoms with Crippen LogP contribution in [0, 0.1) is 0 Å². The molecule has 2 rings (SSSR count). The summed E-state index contributed by atoms with van der Waals surface area (Å²) >= 11 is 5.79. The van der Waals surface area contributed by atoms with Crippen molar-refractivity contribution >= 4 is 17.6 Å². The monoisotopic (exact) mass is 242 g/mol. The molecule has 3 N–H and O–H groups in total. The minimum Gasteiger partial charge on any atom is -0.508 e. The number of phenolic OH excluding ortho intramolecular Hbond substituents is 1. The van der Waals surface area contributed by atoms with E-state index in [9.17, 15) is 15.0 Å². The summed E-state index contributed by atoms with van der Waals surface area (Å²) in [6, 6.07) is 4.44. The first-order valence-corrected chi connectivity index (χ1v) is 5.25. The van der Waals surface area contributed by atoms with Gasteiger partial charge in [0.2, 0.25) is 0 Å². The van der Waals surface area contributed by atoms with Crippen molar-refractivity contribution in [2.24, 2.45) is 0 Å². The summed E-state index contributed by atoms with van der Waals surface area (Å²) in [4.78, 5) is 10.8. The minimum absolute atomic E-state index is 0.0257. The highest BCUT2D eigenvalue weighted by molar-refractivity contribution is 6.30. The minimum atomic E-state index is -1.50. The summed E-state index contributed by atoms with van der Waals surface area (Å²) in [6.07, 6.45) is -0.431. The van der Waals surface area contributed by atoms with Gasteiger partial charge < -0.3 is 15.3 Å². The maximum Gasteiger partial charge on any atom is 0.333 e. The smallest absolute Gasteiger partial charge is 0.333 e. The van der Waals surface area contributed by atoms with Crippen molar-refractivity contribution in [2.75, 3.05) is 0 Å². The molecule has 1 aliphatic rings. The Balaban J connectivity index is 2.44. The van der Waals surface area contributed by atoms with Crippen LogP contribution in [0.5, 0.6) is 5.75 Å². The Labute approximate surface area is 97.1 Å². The number of halogens is 1. The predicted octanol–water partition coefficient (Wildman–Crippen LogP) is 1.52. The fourth-order valence-electron chi connectivity index (χ4n) is 1.97. The van der Waals surface area contributed by atoms with E-state index in [2.05, 4.69) is 0 Å². The average molecular weight is 243 g/mol. The van der Waals surface area contributed by atoms with Crippen LogP contribution in [0.4, 0.5) is 0 Å². The normalized spacial score (nSPS) is 19.1. The van der Waals surface area contributed by atoms with E-state index in [1.807, 2.05) is 0 Å². The third kappa shape index (κ3) is 1.64. The van der Waals surface area contributed by atoms with E-state index in [-0.39, 0.29) is 5.75 Å². The van der Waals surface area contributed by atoms with E-state index in [1.54, 1.807) is 0 Å². The highest BCUT2D eigenvalue weighted by Gasteiger charge is 2.54. The van der Waals surface area contributed by atoms with Crippen LogP contribution >= 0.6 is 11.6 Å². The molecule has 0 spiro atoms. The molecule has 0 bridgehead atoms. The Bertz CT molecular complexity index is 440. The molecule has 1 saturated carbocycles. The number of carbonyl (C=O) groups is 1. The van der Waals surface area contributed by atoms with E-state index in [0.29, 0.717) is 23.4 Å². The van der Waals surface area contributed by atoms with E-state index >= 15 is 0 Å². The number of aromatic hydroxyl groups is 1. The Morgan fingerprint density at radius 2 is 2.06 bits per heavy atom. The maximum absolute atomic E-state index is 10.8. The zero-order valence-corrected chi connectivity index (χ0v) is 9.11. The van der Waals surface area contributed by atoms with Gasteiger partial charge in [0.25, 0.3) is 0 Å². The van der Waals surface area contributed by atoms with Crippen molar-refractivity contribution in [3.8, 4) is 5.75 Å². The summed E-state index contributed by atoms with van der Waals surface area (Å²) in [5.74, 6) is -1.31. The number of carboxylic acid groups (broad SMARTS) is 1. The van der Waals surface area contributed by atoms with Crippen molar-refractivity contribution in [2.45, 2.75) is 24.4 Å². The average Bonchev–Trinajstić information content (AvgIpc) is 3.01. The van der Waals surface area contributed by atoms with Crippen LogP contribution in [0.15, 0.2) is 18.2 Å². The molecule has 0 radical (unpaired) electrons. The SMILES string of the molecule is O=C(O)C(O)C1(c2cc(Cl)ccc2O)CC1. The number of aliphatic hydroxyl groups excluding tert-OH is 1. The van der Waals surface area contributed by atoms with Crippen molar-refractivity contribution < 1.29 is 20.1 Å². The fourth-order valence-corrected chi connectivity index (χ4v) is 2.14. The third-order valence-corrected chi connectivity index (χ3v) is 3.28. The lowest BCUT2D eigenvalue weighted by atomic mass is 9.89. The standard InChI is InChI=1S/C11H11ClO4/c12-6-1-2-8(13)7(5-6)11(3-4-11)9(14)10(15)16/h1-2,5,9,13-14H,3-4H2,(H,15,16). The number of hydrogen-bond donors (Lipinski definition) is 3. The lowest BCUT2D eigenvalue weighted by molar-refractivity contribution is -0.148. The number of phenols is 1. The van der Waals surface area contributed by atoms with Crippen molar-refractivity contribution in [3.63, 3.8) is 0 Å². The predicted molar refractivity (Wildman–Crippen MR) is 57.7 cm³/mol. The van der Waals surface area contributed by atoms with Gasteiger partial charge in [0.05, 0.1) is 0 Å². The molecule has 86 valence electrons. The lowest BCUT2D eigenvalue weighted by Gasteiger charge is -2.20. The molecule has 0 saturated heterocycles. The Hall–Kier alpha value is -1.26. The Morgan fingerprint density at radius 3 is 2.56 bits per heavy atom. The second-order valence-corrected chi connectivity index (χ2v) is 4.49. The van der Waals surface area contributed by atoms with Crippen LogP contribution in [0.1, 0.15) is 18.4 Å². The van der Waals surface area contributed by atoms with Crippen molar-refractivity contribution in [3.05, 3.63) is 28.8 Å². The molecular formula is C11H11ClO4. The highest BCUT2D eigenvalue weighted by Crippen LogP contribution is 2.54. The number of rotatable bonds is 3. The van der Waals surface area contributed by atoms with Gasteiger partial charge in [0, 0.05) is 16.0 Å². The summed E-state index contributed by atoms with van der Waals surface area (Å²) in [5.41, 5.74) is -0.462. The summed E-state index contributed by atoms with van der Waals surface area (Å²) < 4.78 is 0. The first-order valence-electron chi connectivity index (χ1n) is 4.87. The molecule has 1 unspecified atom stereocenters. The molecule has 0 amide bonds. The second kappa shape index (κ2) is 3.64. The molecule has 0 aromatic heterocycles. The quantitative estimate of drug-likeness (QED) is 0.751. The van der Waals surface area contributed by atoms with Crippen LogP contribution in [0.3, 0.4) is 0 Å². The summed E-state index contributed by atoms with van der Waals surface area (Å²) in [7, 11) is 0. The zero-order valence-electron chi connectivity index (χ0n) is 8.35. The van der Waals surface area contributed by atoms with Gasteiger partial charge in [0.1, 0.15) is 5.75 Å². The van der Waals surface area contributed by atoms with Crippen LogP contribution in [0.2, 0.25) is 5.02 Å². The van der Waals surface area contributed by atoms with Gasteiger partial charge in [0.15, 0.2) is 6.10 Å². The van der Waals surface area contributed by atoms with E-state index in [4.69, 9.17) is 16.7 Å². The summed E-state index contributed by atoms with van der Waals surface area (Å²) in [5, 5.41) is 28.5. The molecule has 1 aliphatic carbocycles. The van der Waals surface area contributed by atoms with E-state index < -0.39 is 17.5 Å². The number of carboxylic acids is 1. The van der Waals surface area contributed by atoms with Crippen LogP contribution in [-0.4, -0.2) is 27.4 Å². The maximum atomic E-state index is 10.8. The molecule has 1 atom stereocenters. The van der Waals surface area contributed by atoms with Gasteiger partial charge in [-0.3, -0.25) is 0 Å². The Morgan fingerprint density at radius 1 is 1.44 bits per heavy atom. The number of hydrogen-bond acceptors (Lipinski definition) is 3. The molecule has 1 aromatic rings. The molecule has 1 fully saturated rings. The van der Waals surface area contributed by atoms with Gasteiger partial charge in [-0.2, -0.15) is 0 Å². The molecule has 16 heavy (non-hydrogen) atoms. The molecule has 4 nitrogen and oxygen atoms in total. The first-order chi connectivity index (χ1) is 7.47. The van der Waals surface area contributed by atoms with E-state index in [1.165, 1.54) is 18.2 Å². The first kappa shape index (κ1) is 11.2. The van der Waals surface area contributed by atoms with Gasteiger partial charge in [-0.25, -0.2) is 4.79 Å². The van der Waals surface area contributed by atoms with Gasteiger partial charge in [-0.15, -0.1) is 0 Å². The van der Waals surface area contributed by atoms with Gasteiger partial charge in [-0.1, -0.05) is 11.6 Å². The molecule has 5 heteroatoms. The van der Waals surface area contributed by atoms with Crippen LogP contribution in [0.25, 0.3) is 0 Å². The van der Waals surface area contributed by atoms with E-state index in [0.717, 1.165) is 0 Å². The number of aliphatic hydroxyl groups is 1. The Kier molecular flexibility index (Phi) is 2.56. The number of aliphatic carboxylic acids is 1. The van der Waals surface area contributed by atoms with Crippen molar-refractivity contribution in [1.82, 2.24) is 0 Å².